The molecule has 3 aromatic rings. The van der Waals surface area contributed by atoms with E-state index >= 15 is 0 Å². The Labute approximate surface area is 109 Å². The molecule has 2 heterocycles. The average molecular weight is 255 g/mol. The molecule has 6 nitrogen and oxygen atoms in total. The molecule has 0 radical (unpaired) electrons. The van der Waals surface area contributed by atoms with E-state index in [1.807, 2.05) is 31.2 Å². The van der Waals surface area contributed by atoms with Gasteiger partial charge in [0.25, 0.3) is 0 Å². The largest absolute Gasteiger partial charge is 0.497 e. The molecule has 2 aromatic heterocycles. The molecule has 0 aliphatic rings. The van der Waals surface area contributed by atoms with Crippen LogP contribution in [0.15, 0.2) is 30.6 Å². The van der Waals surface area contributed by atoms with Crippen molar-refractivity contribution in [2.75, 3.05) is 12.4 Å². The number of aromatic amines is 1. The summed E-state index contributed by atoms with van der Waals surface area (Å²) >= 11 is 0. The molecule has 6 heteroatoms. The third kappa shape index (κ3) is 2.20. The molecule has 0 amide bonds. The predicted molar refractivity (Wildman–Crippen MR) is 72.7 cm³/mol. The van der Waals surface area contributed by atoms with Crippen molar-refractivity contribution in [2.24, 2.45) is 0 Å². The minimum Gasteiger partial charge on any atom is -0.497 e. The van der Waals surface area contributed by atoms with Crippen LogP contribution in [0.4, 0.5) is 11.5 Å². The summed E-state index contributed by atoms with van der Waals surface area (Å²) in [4.78, 5) is 15.8. The van der Waals surface area contributed by atoms with Crippen LogP contribution < -0.4 is 10.1 Å². The third-order valence-electron chi connectivity index (χ3n) is 2.73. The molecule has 0 fully saturated rings. The molecule has 0 bridgehead atoms. The smallest absolute Gasteiger partial charge is 0.183 e. The van der Waals surface area contributed by atoms with Gasteiger partial charge in [0.15, 0.2) is 11.5 Å². The van der Waals surface area contributed by atoms with Crippen LogP contribution in [0, 0.1) is 6.92 Å². The number of imidazole rings is 1. The number of nitrogens with zero attached hydrogens (tertiary/aromatic N) is 3. The minimum atomic E-state index is 0.651. The molecule has 1 aromatic carbocycles. The lowest BCUT2D eigenvalue weighted by Crippen LogP contribution is -1.99. The summed E-state index contributed by atoms with van der Waals surface area (Å²) < 4.78 is 5.20. The van der Waals surface area contributed by atoms with E-state index in [0.29, 0.717) is 17.3 Å². The minimum absolute atomic E-state index is 0.651. The fourth-order valence-electron chi connectivity index (χ4n) is 1.87. The van der Waals surface area contributed by atoms with E-state index in [1.165, 1.54) is 0 Å². The molecule has 0 spiro atoms. The number of benzene rings is 1. The van der Waals surface area contributed by atoms with Gasteiger partial charge in [-0.2, -0.15) is 0 Å². The zero-order chi connectivity index (χ0) is 13.2. The number of fused-ring (bicyclic) bond motifs is 1. The monoisotopic (exact) mass is 255 g/mol. The molecule has 0 aliphatic carbocycles. The summed E-state index contributed by atoms with van der Waals surface area (Å²) in [6.07, 6.45) is 1.61. The zero-order valence-electron chi connectivity index (χ0n) is 10.6. The Bertz CT molecular complexity index is 722. The van der Waals surface area contributed by atoms with Gasteiger partial charge in [-0.05, 0) is 19.1 Å². The Kier molecular flexibility index (Phi) is 2.75. The first kappa shape index (κ1) is 11.5. The average Bonchev–Trinajstić information content (AvgIpc) is 2.87. The first-order valence-corrected chi connectivity index (χ1v) is 5.85. The van der Waals surface area contributed by atoms with Crippen molar-refractivity contribution in [2.45, 2.75) is 6.92 Å². The summed E-state index contributed by atoms with van der Waals surface area (Å²) in [6, 6.07) is 7.66. The molecule has 3 rings (SSSR count). The van der Waals surface area contributed by atoms with E-state index in [9.17, 15) is 0 Å². The summed E-state index contributed by atoms with van der Waals surface area (Å²) in [6.45, 7) is 1.84. The highest BCUT2D eigenvalue weighted by atomic mass is 16.5. The van der Waals surface area contributed by atoms with Crippen molar-refractivity contribution < 1.29 is 4.74 Å². The topological polar surface area (TPSA) is 75.7 Å². The van der Waals surface area contributed by atoms with Crippen molar-refractivity contribution in [1.29, 1.82) is 0 Å². The maximum atomic E-state index is 5.20. The highest BCUT2D eigenvalue weighted by Gasteiger charge is 2.08. The Morgan fingerprint density at radius 3 is 3.00 bits per heavy atom. The second-order valence-corrected chi connectivity index (χ2v) is 4.08. The van der Waals surface area contributed by atoms with Crippen molar-refractivity contribution in [3.8, 4) is 5.75 Å². The van der Waals surface area contributed by atoms with Gasteiger partial charge in [0.05, 0.1) is 13.4 Å². The van der Waals surface area contributed by atoms with E-state index < -0.39 is 0 Å². The maximum Gasteiger partial charge on any atom is 0.183 e. The Morgan fingerprint density at radius 1 is 1.26 bits per heavy atom. The molecule has 0 saturated heterocycles. The van der Waals surface area contributed by atoms with Gasteiger partial charge in [-0.3, -0.25) is 0 Å². The SMILES string of the molecule is COc1cccc(Nc2nc(C)nc3nc[nH]c23)c1. The Hall–Kier alpha value is -2.63. The van der Waals surface area contributed by atoms with E-state index in [0.717, 1.165) is 17.0 Å². The van der Waals surface area contributed by atoms with Crippen LogP contribution in [-0.2, 0) is 0 Å². The van der Waals surface area contributed by atoms with Gasteiger partial charge in [0.2, 0.25) is 0 Å². The molecular formula is C13H13N5O. The van der Waals surface area contributed by atoms with Crippen LogP contribution in [0.1, 0.15) is 5.82 Å². The highest BCUT2D eigenvalue weighted by molar-refractivity contribution is 5.84. The van der Waals surface area contributed by atoms with Crippen LogP contribution >= 0.6 is 0 Å². The number of H-pyrrole nitrogens is 1. The maximum absolute atomic E-state index is 5.20. The summed E-state index contributed by atoms with van der Waals surface area (Å²) in [7, 11) is 1.64. The third-order valence-corrected chi connectivity index (χ3v) is 2.73. The number of ether oxygens (including phenoxy) is 1. The van der Waals surface area contributed by atoms with Gasteiger partial charge in [-0.1, -0.05) is 6.07 Å². The van der Waals surface area contributed by atoms with Gasteiger partial charge < -0.3 is 15.0 Å². The Morgan fingerprint density at radius 2 is 2.16 bits per heavy atom. The fraction of sp³-hybridized carbons (Fsp3) is 0.154. The number of hydrogen-bond acceptors (Lipinski definition) is 5. The number of nitrogens with one attached hydrogen (secondary N) is 2. The van der Waals surface area contributed by atoms with E-state index in [2.05, 4.69) is 25.3 Å². The number of rotatable bonds is 3. The number of aryl methyl sites for hydroxylation is 1. The number of hydrogen-bond donors (Lipinski definition) is 2. The molecule has 96 valence electrons. The summed E-state index contributed by atoms with van der Waals surface area (Å²) in [5, 5.41) is 3.25. The van der Waals surface area contributed by atoms with Crippen LogP contribution in [-0.4, -0.2) is 27.0 Å². The van der Waals surface area contributed by atoms with Crippen LogP contribution in [0.2, 0.25) is 0 Å². The van der Waals surface area contributed by atoms with Crippen LogP contribution in [0.25, 0.3) is 11.2 Å². The first-order valence-electron chi connectivity index (χ1n) is 5.85. The standard InChI is InChI=1S/C13H13N5O/c1-8-16-12-11(14-7-15-12)13(17-8)18-9-4-3-5-10(6-9)19-2/h3-7H,1-2H3,(H2,14,15,16,17,18). The highest BCUT2D eigenvalue weighted by Crippen LogP contribution is 2.23. The summed E-state index contributed by atoms with van der Waals surface area (Å²) in [5.74, 6) is 2.16. The molecular weight excluding hydrogens is 242 g/mol. The van der Waals surface area contributed by atoms with Gasteiger partial charge in [0.1, 0.15) is 17.1 Å². The van der Waals surface area contributed by atoms with Gasteiger partial charge >= 0.3 is 0 Å². The van der Waals surface area contributed by atoms with Crippen molar-refractivity contribution >= 4 is 22.7 Å². The van der Waals surface area contributed by atoms with E-state index in [4.69, 9.17) is 4.74 Å². The van der Waals surface area contributed by atoms with Crippen LogP contribution in [0.3, 0.4) is 0 Å². The zero-order valence-corrected chi connectivity index (χ0v) is 10.6. The van der Waals surface area contributed by atoms with Crippen LogP contribution in [0.5, 0.6) is 5.75 Å². The van der Waals surface area contributed by atoms with Gasteiger partial charge in [0, 0.05) is 11.8 Å². The van der Waals surface area contributed by atoms with Gasteiger partial charge in [-0.25, -0.2) is 15.0 Å². The summed E-state index contributed by atoms with van der Waals surface area (Å²) in [5.41, 5.74) is 2.33. The molecule has 19 heavy (non-hydrogen) atoms. The molecule has 2 N–H and O–H groups in total. The number of methoxy groups -OCH3 is 1. The second kappa shape index (κ2) is 4.56. The van der Waals surface area contributed by atoms with E-state index in [1.54, 1.807) is 13.4 Å². The predicted octanol–water partition coefficient (Wildman–Crippen LogP) is 2.41. The quantitative estimate of drug-likeness (QED) is 0.751. The second-order valence-electron chi connectivity index (χ2n) is 4.08. The van der Waals surface area contributed by atoms with E-state index in [-0.39, 0.29) is 0 Å². The molecule has 0 aliphatic heterocycles. The first-order chi connectivity index (χ1) is 9.26. The van der Waals surface area contributed by atoms with Crippen molar-refractivity contribution in [1.82, 2.24) is 19.9 Å². The molecule has 0 atom stereocenters. The fourth-order valence-corrected chi connectivity index (χ4v) is 1.87. The molecule has 0 saturated carbocycles. The number of aromatic nitrogens is 4. The van der Waals surface area contributed by atoms with Crippen molar-refractivity contribution in [3.05, 3.63) is 36.4 Å². The number of anilines is 2. The van der Waals surface area contributed by atoms with Crippen molar-refractivity contribution in [3.63, 3.8) is 0 Å². The van der Waals surface area contributed by atoms with Gasteiger partial charge in [-0.15, -0.1) is 0 Å². The Balaban J connectivity index is 2.02. The lowest BCUT2D eigenvalue weighted by molar-refractivity contribution is 0.415. The normalized spacial score (nSPS) is 10.6. The lowest BCUT2D eigenvalue weighted by atomic mass is 10.3. The molecule has 0 unspecified atom stereocenters. The lowest BCUT2D eigenvalue weighted by Gasteiger charge is -2.08.